The fraction of sp³-hybridized carbons (Fsp3) is 1.00. The van der Waals surface area contributed by atoms with Gasteiger partial charge in [0.15, 0.2) is 0 Å². The van der Waals surface area contributed by atoms with E-state index in [4.69, 9.17) is 29.0 Å². The molecule has 0 aliphatic rings. The second-order valence-corrected chi connectivity index (χ2v) is 7.22. The van der Waals surface area contributed by atoms with Crippen LogP contribution in [0.3, 0.4) is 0 Å². The number of rotatable bonds is 12. The quantitative estimate of drug-likeness (QED) is 0.193. The Bertz CT molecular complexity index is 323. The SMILES string of the molecule is CCCCCCCCCCCCOP(=O)(O)O.O=P([O-])(O)O.[K+]. The summed E-state index contributed by atoms with van der Waals surface area (Å²) in [4.78, 5) is 39.8. The van der Waals surface area contributed by atoms with Crippen LogP contribution in [0.4, 0.5) is 0 Å². The Hall–Kier alpha value is 1.86. The van der Waals surface area contributed by atoms with Crippen LogP contribution >= 0.6 is 15.6 Å². The van der Waals surface area contributed by atoms with E-state index in [0.717, 1.165) is 19.3 Å². The van der Waals surface area contributed by atoms with E-state index in [1.54, 1.807) is 0 Å². The van der Waals surface area contributed by atoms with Crippen molar-refractivity contribution < 1.29 is 89.5 Å². The Kier molecular flexibility index (Phi) is 24.0. The minimum Gasteiger partial charge on any atom is -0.756 e. The zero-order valence-electron chi connectivity index (χ0n) is 14.1. The van der Waals surface area contributed by atoms with Gasteiger partial charge in [0.05, 0.1) is 6.61 Å². The van der Waals surface area contributed by atoms with Gasteiger partial charge in [-0.3, -0.25) is 9.09 Å². The Labute approximate surface area is 181 Å². The Morgan fingerprint density at radius 2 is 1.09 bits per heavy atom. The molecule has 0 rings (SSSR count). The maximum Gasteiger partial charge on any atom is 1.00 e. The molecule has 0 amide bonds. The fourth-order valence-corrected chi connectivity index (χ4v) is 2.14. The molecule has 0 aliphatic carbocycles. The Morgan fingerprint density at radius 3 is 1.39 bits per heavy atom. The molecule has 0 aromatic carbocycles. The topological polar surface area (TPSA) is 147 Å². The first-order chi connectivity index (χ1) is 10.1. The molecule has 0 heterocycles. The van der Waals surface area contributed by atoms with E-state index in [-0.39, 0.29) is 58.0 Å². The van der Waals surface area contributed by atoms with Crippen LogP contribution in [-0.4, -0.2) is 26.2 Å². The maximum absolute atomic E-state index is 10.4. The van der Waals surface area contributed by atoms with Crippen molar-refractivity contribution >= 4 is 15.6 Å². The zero-order valence-corrected chi connectivity index (χ0v) is 19.0. The first-order valence-corrected chi connectivity index (χ1v) is 10.6. The molecule has 0 fully saturated rings. The van der Waals surface area contributed by atoms with Gasteiger partial charge in [0.25, 0.3) is 7.82 Å². The summed E-state index contributed by atoms with van der Waals surface area (Å²) in [7, 11) is -9.13. The molecule has 0 saturated heterocycles. The number of hydrogen-bond donors (Lipinski definition) is 4. The molecule has 0 aromatic rings. The third-order valence-corrected chi connectivity index (χ3v) is 3.28. The average molecular weight is 402 g/mol. The predicted octanol–water partition coefficient (Wildman–Crippen LogP) is -0.540. The van der Waals surface area contributed by atoms with Crippen LogP contribution in [0.2, 0.25) is 0 Å². The molecule has 0 aromatic heterocycles. The van der Waals surface area contributed by atoms with E-state index < -0.39 is 15.6 Å². The van der Waals surface area contributed by atoms with Crippen LogP contribution in [0.5, 0.6) is 0 Å². The van der Waals surface area contributed by atoms with Crippen molar-refractivity contribution in [2.45, 2.75) is 71.1 Å². The van der Waals surface area contributed by atoms with E-state index >= 15 is 0 Å². The van der Waals surface area contributed by atoms with Crippen molar-refractivity contribution in [1.82, 2.24) is 0 Å². The summed E-state index contributed by atoms with van der Waals surface area (Å²) < 4.78 is 23.5. The summed E-state index contributed by atoms with van der Waals surface area (Å²) in [6.45, 7) is 2.39. The summed E-state index contributed by atoms with van der Waals surface area (Å²) in [6.07, 6.45) is 12.0. The summed E-state index contributed by atoms with van der Waals surface area (Å²) in [6, 6.07) is 0. The second-order valence-electron chi connectivity index (χ2n) is 5.00. The third-order valence-electron chi connectivity index (χ3n) is 2.76. The van der Waals surface area contributed by atoms with Gasteiger partial charge in [-0.05, 0) is 6.42 Å². The number of phosphoric ester groups is 1. The van der Waals surface area contributed by atoms with Crippen molar-refractivity contribution in [3.8, 4) is 0 Å². The molecule has 0 saturated carbocycles. The van der Waals surface area contributed by atoms with Crippen LogP contribution in [0.25, 0.3) is 0 Å². The van der Waals surface area contributed by atoms with Gasteiger partial charge in [-0.2, -0.15) is 0 Å². The van der Waals surface area contributed by atoms with Crippen LogP contribution in [0.1, 0.15) is 71.1 Å². The smallest absolute Gasteiger partial charge is 0.756 e. The normalized spacial score (nSPS) is 11.4. The molecule has 4 N–H and O–H groups in total. The van der Waals surface area contributed by atoms with E-state index in [0.29, 0.717) is 0 Å². The molecule has 11 heteroatoms. The van der Waals surface area contributed by atoms with E-state index in [1.165, 1.54) is 44.9 Å². The average Bonchev–Trinajstić information content (AvgIpc) is 2.32. The number of phosphoric acid groups is 2. The van der Waals surface area contributed by atoms with Gasteiger partial charge in [-0.1, -0.05) is 64.7 Å². The minimum atomic E-state index is -4.89. The molecular weight excluding hydrogens is 373 g/mol. The first-order valence-electron chi connectivity index (χ1n) is 7.53. The molecule has 0 unspecified atom stereocenters. The molecule has 0 atom stereocenters. The maximum atomic E-state index is 10.4. The molecule has 136 valence electrons. The van der Waals surface area contributed by atoms with Gasteiger partial charge in [0, 0.05) is 0 Å². The fourth-order valence-electron chi connectivity index (χ4n) is 1.77. The second kappa shape index (κ2) is 18.6. The van der Waals surface area contributed by atoms with Crippen molar-refractivity contribution in [2.75, 3.05) is 6.61 Å². The minimum absolute atomic E-state index is 0. The monoisotopic (exact) mass is 402 g/mol. The van der Waals surface area contributed by atoms with Crippen molar-refractivity contribution in [1.29, 1.82) is 0 Å². The summed E-state index contributed by atoms with van der Waals surface area (Å²) in [5.74, 6) is 0. The van der Waals surface area contributed by atoms with Crippen LogP contribution in [-0.2, 0) is 13.7 Å². The van der Waals surface area contributed by atoms with E-state index in [1.807, 2.05) is 0 Å². The van der Waals surface area contributed by atoms with Crippen LogP contribution in [0.15, 0.2) is 0 Å². The van der Waals surface area contributed by atoms with Gasteiger partial charge in [0.1, 0.15) is 0 Å². The van der Waals surface area contributed by atoms with Crippen molar-refractivity contribution in [3.63, 3.8) is 0 Å². The number of hydrogen-bond acceptors (Lipinski definition) is 4. The van der Waals surface area contributed by atoms with Gasteiger partial charge < -0.3 is 24.5 Å². The van der Waals surface area contributed by atoms with Crippen LogP contribution in [0, 0.1) is 0 Å². The molecule has 0 spiro atoms. The Balaban J connectivity index is -0.000000578. The van der Waals surface area contributed by atoms with Crippen molar-refractivity contribution in [2.24, 2.45) is 0 Å². The Morgan fingerprint density at radius 1 is 0.783 bits per heavy atom. The molecule has 0 radical (unpaired) electrons. The van der Waals surface area contributed by atoms with Crippen molar-refractivity contribution in [3.05, 3.63) is 0 Å². The van der Waals surface area contributed by atoms with E-state index in [9.17, 15) is 4.57 Å². The predicted molar refractivity (Wildman–Crippen MR) is 81.9 cm³/mol. The largest absolute Gasteiger partial charge is 1.00 e. The number of unbranched alkanes of at least 4 members (excludes halogenated alkanes) is 9. The molecular formula is C12H29KO8P2. The summed E-state index contributed by atoms with van der Waals surface area (Å²) in [5, 5.41) is 0. The summed E-state index contributed by atoms with van der Waals surface area (Å²) >= 11 is 0. The van der Waals surface area contributed by atoms with Crippen LogP contribution < -0.4 is 56.3 Å². The zero-order chi connectivity index (χ0) is 17.5. The van der Waals surface area contributed by atoms with Gasteiger partial charge in [-0.15, -0.1) is 0 Å². The first kappa shape index (κ1) is 29.6. The third kappa shape index (κ3) is 45.3. The van der Waals surface area contributed by atoms with Gasteiger partial charge >= 0.3 is 59.2 Å². The summed E-state index contributed by atoms with van der Waals surface area (Å²) in [5.41, 5.74) is 0. The molecule has 0 bridgehead atoms. The van der Waals surface area contributed by atoms with Gasteiger partial charge in [0.2, 0.25) is 0 Å². The molecule has 0 aliphatic heterocycles. The molecule has 8 nitrogen and oxygen atoms in total. The van der Waals surface area contributed by atoms with E-state index in [2.05, 4.69) is 11.4 Å². The van der Waals surface area contributed by atoms with Gasteiger partial charge in [-0.25, -0.2) is 4.57 Å². The molecule has 23 heavy (non-hydrogen) atoms. The standard InChI is InChI=1S/C12H27O4P.K.H3O4P/c1-2-3-4-5-6-7-8-9-10-11-12-16-17(13,14)15;;1-5(2,3)4/h2-12H2,1H3,(H2,13,14,15);;(H3,1,2,3,4)/q;+1;/p-1.